The molecule has 1 amide bonds. The highest BCUT2D eigenvalue weighted by molar-refractivity contribution is 6.31. The summed E-state index contributed by atoms with van der Waals surface area (Å²) < 4.78 is 10.5. The summed E-state index contributed by atoms with van der Waals surface area (Å²) in [7, 11) is 3.16. The van der Waals surface area contributed by atoms with Gasteiger partial charge in [-0.15, -0.1) is 0 Å². The van der Waals surface area contributed by atoms with Crippen LogP contribution in [0.2, 0.25) is 5.02 Å². The van der Waals surface area contributed by atoms with Gasteiger partial charge >= 0.3 is 0 Å². The van der Waals surface area contributed by atoms with E-state index in [4.69, 9.17) is 21.1 Å². The van der Waals surface area contributed by atoms with Crippen molar-refractivity contribution in [2.24, 2.45) is 0 Å². The molecule has 0 atom stereocenters. The number of carbonyl (C=O) groups excluding carboxylic acids is 1. The van der Waals surface area contributed by atoms with Crippen molar-refractivity contribution in [1.29, 1.82) is 0 Å². The molecule has 0 saturated heterocycles. The van der Waals surface area contributed by atoms with E-state index >= 15 is 0 Å². The molecule has 122 valence electrons. The standard InChI is InChI=1S/C17H19ClN2O3/c1-22-15-6-4-3-5-12(15)10-19-11-17(21)20-14-9-13(18)7-8-16(14)23-2/h3-9,19H,10-11H2,1-2H3,(H,20,21). The van der Waals surface area contributed by atoms with Gasteiger partial charge in [-0.25, -0.2) is 0 Å². The molecule has 0 spiro atoms. The Morgan fingerprint density at radius 1 is 1.09 bits per heavy atom. The second-order valence-electron chi connectivity index (χ2n) is 4.81. The fourth-order valence-electron chi connectivity index (χ4n) is 2.13. The van der Waals surface area contributed by atoms with Crippen molar-refractivity contribution in [2.75, 3.05) is 26.1 Å². The molecule has 2 aromatic carbocycles. The smallest absolute Gasteiger partial charge is 0.238 e. The molecule has 2 aromatic rings. The third kappa shape index (κ3) is 4.87. The van der Waals surface area contributed by atoms with Crippen LogP contribution in [0.25, 0.3) is 0 Å². The van der Waals surface area contributed by atoms with E-state index in [1.165, 1.54) is 0 Å². The number of methoxy groups -OCH3 is 2. The first-order valence-electron chi connectivity index (χ1n) is 7.10. The van der Waals surface area contributed by atoms with Crippen LogP contribution in [0.15, 0.2) is 42.5 Å². The van der Waals surface area contributed by atoms with E-state index in [2.05, 4.69) is 10.6 Å². The van der Waals surface area contributed by atoms with Crippen molar-refractivity contribution in [3.05, 3.63) is 53.1 Å². The highest BCUT2D eigenvalue weighted by atomic mass is 35.5. The van der Waals surface area contributed by atoms with Crippen LogP contribution < -0.4 is 20.1 Å². The summed E-state index contributed by atoms with van der Waals surface area (Å²) in [6.07, 6.45) is 0. The van der Waals surface area contributed by atoms with Crippen molar-refractivity contribution >= 4 is 23.2 Å². The largest absolute Gasteiger partial charge is 0.496 e. The number of carbonyl (C=O) groups is 1. The average Bonchev–Trinajstić information content (AvgIpc) is 2.55. The molecule has 0 fully saturated rings. The maximum absolute atomic E-state index is 12.0. The summed E-state index contributed by atoms with van der Waals surface area (Å²) in [4.78, 5) is 12.0. The van der Waals surface area contributed by atoms with Gasteiger partial charge in [-0.3, -0.25) is 4.79 Å². The first-order valence-corrected chi connectivity index (χ1v) is 7.48. The van der Waals surface area contributed by atoms with Crippen LogP contribution in [0, 0.1) is 0 Å². The third-order valence-electron chi connectivity index (χ3n) is 3.23. The summed E-state index contributed by atoms with van der Waals surface area (Å²) in [5.41, 5.74) is 1.53. The molecule has 0 saturated carbocycles. The number of halogens is 1. The summed E-state index contributed by atoms with van der Waals surface area (Å²) in [5.74, 6) is 1.17. The lowest BCUT2D eigenvalue weighted by Crippen LogP contribution is -2.28. The van der Waals surface area contributed by atoms with Gasteiger partial charge < -0.3 is 20.1 Å². The molecule has 5 nitrogen and oxygen atoms in total. The first kappa shape index (κ1) is 17.1. The quantitative estimate of drug-likeness (QED) is 0.817. The van der Waals surface area contributed by atoms with Crippen molar-refractivity contribution in [1.82, 2.24) is 5.32 Å². The molecule has 0 radical (unpaired) electrons. The van der Waals surface area contributed by atoms with Crippen molar-refractivity contribution < 1.29 is 14.3 Å². The van der Waals surface area contributed by atoms with E-state index in [0.29, 0.717) is 23.0 Å². The Hall–Kier alpha value is -2.24. The SMILES string of the molecule is COc1ccccc1CNCC(=O)Nc1cc(Cl)ccc1OC. The van der Waals surface area contributed by atoms with Gasteiger partial charge in [0.15, 0.2) is 0 Å². The molecule has 0 aliphatic carbocycles. The monoisotopic (exact) mass is 334 g/mol. The zero-order chi connectivity index (χ0) is 16.7. The minimum absolute atomic E-state index is 0.160. The topological polar surface area (TPSA) is 59.6 Å². The second-order valence-corrected chi connectivity index (χ2v) is 5.24. The zero-order valence-electron chi connectivity index (χ0n) is 13.1. The summed E-state index contributed by atoms with van der Waals surface area (Å²) in [6.45, 7) is 0.692. The Kier molecular flexibility index (Phi) is 6.26. The molecule has 2 rings (SSSR count). The van der Waals surface area contributed by atoms with Crippen molar-refractivity contribution in [3.63, 3.8) is 0 Å². The number of nitrogens with one attached hydrogen (secondary N) is 2. The molecule has 0 unspecified atom stereocenters. The maximum atomic E-state index is 12.0. The molecule has 0 heterocycles. The Balaban J connectivity index is 1.89. The van der Waals surface area contributed by atoms with E-state index < -0.39 is 0 Å². The van der Waals surface area contributed by atoms with Crippen LogP contribution in [-0.4, -0.2) is 26.7 Å². The van der Waals surface area contributed by atoms with Gasteiger partial charge in [0.25, 0.3) is 0 Å². The third-order valence-corrected chi connectivity index (χ3v) is 3.46. The normalized spacial score (nSPS) is 10.2. The van der Waals surface area contributed by atoms with Crippen molar-refractivity contribution in [3.8, 4) is 11.5 Å². The van der Waals surface area contributed by atoms with E-state index in [0.717, 1.165) is 11.3 Å². The van der Waals surface area contributed by atoms with Gasteiger partial charge in [0.2, 0.25) is 5.91 Å². The lowest BCUT2D eigenvalue weighted by Gasteiger charge is -2.12. The summed E-state index contributed by atoms with van der Waals surface area (Å²) in [5, 5.41) is 6.39. The maximum Gasteiger partial charge on any atom is 0.238 e. The minimum Gasteiger partial charge on any atom is -0.496 e. The molecular formula is C17H19ClN2O3. The number of anilines is 1. The number of rotatable bonds is 7. The van der Waals surface area contributed by atoms with Crippen LogP contribution in [0.3, 0.4) is 0 Å². The Morgan fingerprint density at radius 3 is 2.57 bits per heavy atom. The lowest BCUT2D eigenvalue weighted by molar-refractivity contribution is -0.115. The molecule has 0 aliphatic rings. The first-order chi connectivity index (χ1) is 11.1. The van der Waals surface area contributed by atoms with Crippen LogP contribution in [-0.2, 0) is 11.3 Å². The minimum atomic E-state index is -0.180. The fourth-order valence-corrected chi connectivity index (χ4v) is 2.30. The number of para-hydroxylation sites is 1. The predicted molar refractivity (Wildman–Crippen MR) is 91.3 cm³/mol. The van der Waals surface area contributed by atoms with E-state index in [1.54, 1.807) is 32.4 Å². The number of ether oxygens (including phenoxy) is 2. The Labute approximate surface area is 140 Å². The zero-order valence-corrected chi connectivity index (χ0v) is 13.8. The molecular weight excluding hydrogens is 316 g/mol. The molecule has 0 aromatic heterocycles. The fraction of sp³-hybridized carbons (Fsp3) is 0.235. The lowest BCUT2D eigenvalue weighted by atomic mass is 10.2. The van der Waals surface area contributed by atoms with Gasteiger partial charge in [-0.05, 0) is 24.3 Å². The Bertz CT molecular complexity index is 677. The number of benzene rings is 2. The summed E-state index contributed by atoms with van der Waals surface area (Å²) in [6, 6.07) is 12.7. The molecule has 23 heavy (non-hydrogen) atoms. The van der Waals surface area contributed by atoms with Gasteiger partial charge in [0.05, 0.1) is 26.5 Å². The van der Waals surface area contributed by atoms with Gasteiger partial charge in [0, 0.05) is 17.1 Å². The van der Waals surface area contributed by atoms with Gasteiger partial charge in [0.1, 0.15) is 11.5 Å². The summed E-state index contributed by atoms with van der Waals surface area (Å²) >= 11 is 5.94. The number of hydrogen-bond donors (Lipinski definition) is 2. The van der Waals surface area contributed by atoms with Gasteiger partial charge in [-0.2, -0.15) is 0 Å². The van der Waals surface area contributed by atoms with Crippen LogP contribution in [0.4, 0.5) is 5.69 Å². The highest BCUT2D eigenvalue weighted by Gasteiger charge is 2.08. The van der Waals surface area contributed by atoms with Crippen LogP contribution in [0.1, 0.15) is 5.56 Å². The number of amides is 1. The Morgan fingerprint density at radius 2 is 1.83 bits per heavy atom. The van der Waals surface area contributed by atoms with Gasteiger partial charge in [-0.1, -0.05) is 29.8 Å². The van der Waals surface area contributed by atoms with Crippen molar-refractivity contribution in [2.45, 2.75) is 6.54 Å². The van der Waals surface area contributed by atoms with Crippen LogP contribution >= 0.6 is 11.6 Å². The highest BCUT2D eigenvalue weighted by Crippen LogP contribution is 2.27. The van der Waals surface area contributed by atoms with E-state index in [9.17, 15) is 4.79 Å². The number of hydrogen-bond acceptors (Lipinski definition) is 4. The molecule has 6 heteroatoms. The second kappa shape index (κ2) is 8.41. The average molecular weight is 335 g/mol. The molecule has 0 bridgehead atoms. The molecule has 0 aliphatic heterocycles. The van der Waals surface area contributed by atoms with Crippen LogP contribution in [0.5, 0.6) is 11.5 Å². The van der Waals surface area contributed by atoms with E-state index in [1.807, 2.05) is 24.3 Å². The molecule has 2 N–H and O–H groups in total. The predicted octanol–water partition coefficient (Wildman–Crippen LogP) is 3.09. The van der Waals surface area contributed by atoms with E-state index in [-0.39, 0.29) is 12.5 Å².